The lowest BCUT2D eigenvalue weighted by Crippen LogP contribution is -2.52. The molecule has 0 radical (unpaired) electrons. The van der Waals surface area contributed by atoms with Crippen LogP contribution in [0.1, 0.15) is 39.3 Å². The van der Waals surface area contributed by atoms with Crippen molar-refractivity contribution in [1.82, 2.24) is 20.5 Å². The van der Waals surface area contributed by atoms with Crippen LogP contribution in [0.4, 0.5) is 5.69 Å². The number of nitrogens with zero attached hydrogens (tertiary/aromatic N) is 2. The van der Waals surface area contributed by atoms with Crippen LogP contribution in [0.3, 0.4) is 0 Å². The van der Waals surface area contributed by atoms with E-state index in [4.69, 9.17) is 24.1 Å². The topological polar surface area (TPSA) is 195 Å². The highest BCUT2D eigenvalue weighted by Gasteiger charge is 2.39. The van der Waals surface area contributed by atoms with E-state index in [1.807, 2.05) is 0 Å². The van der Waals surface area contributed by atoms with Crippen molar-refractivity contribution in [2.75, 3.05) is 58.3 Å². The Morgan fingerprint density at radius 1 is 0.979 bits per heavy atom. The van der Waals surface area contributed by atoms with Crippen LogP contribution < -0.4 is 20.7 Å². The Labute approximate surface area is 269 Å². The number of amides is 5. The number of aliphatic hydroxyl groups excluding tert-OH is 1. The number of imide groups is 1. The summed E-state index contributed by atoms with van der Waals surface area (Å²) in [5.74, 6) is -1.86. The normalized spacial score (nSPS) is 15.8. The molecule has 2 aliphatic rings. The third-order valence-electron chi connectivity index (χ3n) is 7.46. The zero-order valence-corrected chi connectivity index (χ0v) is 25.5. The van der Waals surface area contributed by atoms with Crippen LogP contribution in [0.15, 0.2) is 48.5 Å². The Hall–Kier alpha value is -4.96. The third-order valence-corrected chi connectivity index (χ3v) is 7.46. The van der Waals surface area contributed by atoms with Gasteiger partial charge in [-0.3, -0.25) is 29.3 Å². The highest BCUT2D eigenvalue weighted by atomic mass is 16.6. The first kappa shape index (κ1) is 33.4. The molecular formula is C32H35N5O10. The Morgan fingerprint density at radius 2 is 1.74 bits per heavy atom. The predicted molar refractivity (Wildman–Crippen MR) is 165 cm³/mol. The molecule has 1 unspecified atom stereocenters. The lowest BCUT2D eigenvalue weighted by atomic mass is 10.0. The lowest BCUT2D eigenvalue weighted by molar-refractivity contribution is -0.137. The fourth-order valence-electron chi connectivity index (χ4n) is 5.17. The van der Waals surface area contributed by atoms with E-state index < -0.39 is 17.9 Å². The summed E-state index contributed by atoms with van der Waals surface area (Å²) in [5, 5.41) is 16.9. The van der Waals surface area contributed by atoms with Crippen LogP contribution in [0.25, 0.3) is 10.9 Å². The number of anilines is 1. The van der Waals surface area contributed by atoms with E-state index in [0.717, 1.165) is 0 Å². The highest BCUT2D eigenvalue weighted by molar-refractivity contribution is 6.08. The molecule has 0 bridgehead atoms. The van der Waals surface area contributed by atoms with E-state index in [2.05, 4.69) is 20.9 Å². The summed E-state index contributed by atoms with van der Waals surface area (Å²) in [6.07, 6.45) is 0.409. The molecule has 15 heteroatoms. The quantitative estimate of drug-likeness (QED) is 0.0971. The summed E-state index contributed by atoms with van der Waals surface area (Å²) in [6.45, 7) is 1.41. The monoisotopic (exact) mass is 649 g/mol. The average molecular weight is 650 g/mol. The van der Waals surface area contributed by atoms with Crippen molar-refractivity contribution in [2.45, 2.75) is 25.4 Å². The van der Waals surface area contributed by atoms with Gasteiger partial charge in [0, 0.05) is 42.2 Å². The number of ether oxygens (including phenoxy) is 4. The number of aromatic nitrogens is 1. The molecule has 0 spiro atoms. The number of nitrogens with one attached hydrogen (secondary N) is 3. The van der Waals surface area contributed by atoms with Crippen molar-refractivity contribution in [3.05, 3.63) is 65.4 Å². The molecule has 5 amide bonds. The molecule has 4 N–H and O–H groups in total. The van der Waals surface area contributed by atoms with Crippen molar-refractivity contribution in [1.29, 1.82) is 0 Å². The van der Waals surface area contributed by atoms with Crippen LogP contribution >= 0.6 is 0 Å². The largest absolute Gasteiger partial charge is 0.483 e. The molecule has 0 aliphatic carbocycles. The predicted octanol–water partition coefficient (Wildman–Crippen LogP) is 0.743. The average Bonchev–Trinajstić information content (AvgIpc) is 3.39. The van der Waals surface area contributed by atoms with Crippen LogP contribution in [0, 0.1) is 0 Å². The number of benzene rings is 2. The van der Waals surface area contributed by atoms with Gasteiger partial charge in [-0.25, -0.2) is 4.98 Å². The summed E-state index contributed by atoms with van der Waals surface area (Å²) < 4.78 is 21.2. The standard InChI is InChI=1S/C32H35N5O10/c38-19-46-14-13-45-12-11-44-10-9-33-29(40)18-47-27-16-25(35-24-4-2-1-3-22(24)27)30(41)34-21-6-5-20-17-37(32(43)23(20)15-21)26-7-8-28(39)36-31(26)42/h1-6,15-16,26,38H,7-14,17-19H2,(H,33,40)(H,34,41)(H,36,39,42). The lowest BCUT2D eigenvalue weighted by Gasteiger charge is -2.29. The molecule has 1 fully saturated rings. The number of fused-ring (bicyclic) bond motifs is 2. The smallest absolute Gasteiger partial charge is 0.274 e. The van der Waals surface area contributed by atoms with Gasteiger partial charge in [-0.1, -0.05) is 18.2 Å². The summed E-state index contributed by atoms with van der Waals surface area (Å²) in [7, 11) is 0. The van der Waals surface area contributed by atoms with Gasteiger partial charge in [0.1, 0.15) is 24.3 Å². The van der Waals surface area contributed by atoms with Gasteiger partial charge < -0.3 is 39.6 Å². The summed E-state index contributed by atoms with van der Waals surface area (Å²) >= 11 is 0. The van der Waals surface area contributed by atoms with Gasteiger partial charge in [0.25, 0.3) is 17.7 Å². The maximum absolute atomic E-state index is 13.3. The first-order valence-electron chi connectivity index (χ1n) is 15.1. The minimum absolute atomic E-state index is 0.0367. The molecule has 15 nitrogen and oxygen atoms in total. The van der Waals surface area contributed by atoms with E-state index in [0.29, 0.717) is 53.3 Å². The number of pyridine rings is 1. The van der Waals surface area contributed by atoms with Gasteiger partial charge in [0.15, 0.2) is 6.61 Å². The van der Waals surface area contributed by atoms with Gasteiger partial charge in [-0.2, -0.15) is 0 Å². The molecule has 3 aromatic rings. The second kappa shape index (κ2) is 16.0. The number of rotatable bonds is 16. The molecule has 47 heavy (non-hydrogen) atoms. The van der Waals surface area contributed by atoms with Crippen LogP contribution in [0.2, 0.25) is 0 Å². The number of hydrogen-bond donors (Lipinski definition) is 4. The number of carbonyl (C=O) groups is 5. The number of hydrogen-bond acceptors (Lipinski definition) is 11. The Balaban J connectivity index is 1.15. The molecule has 2 aromatic carbocycles. The van der Waals surface area contributed by atoms with E-state index in [-0.39, 0.29) is 76.0 Å². The zero-order valence-electron chi connectivity index (χ0n) is 25.5. The molecule has 1 saturated heterocycles. The number of carbonyl (C=O) groups excluding carboxylic acids is 5. The maximum Gasteiger partial charge on any atom is 0.274 e. The Kier molecular flexibility index (Phi) is 11.4. The maximum atomic E-state index is 13.3. The Bertz CT molecular complexity index is 1650. The number of piperidine rings is 1. The van der Waals surface area contributed by atoms with E-state index in [1.54, 1.807) is 42.5 Å². The minimum Gasteiger partial charge on any atom is -0.483 e. The van der Waals surface area contributed by atoms with Crippen molar-refractivity contribution >= 4 is 46.1 Å². The molecule has 1 aromatic heterocycles. The van der Waals surface area contributed by atoms with Gasteiger partial charge in [0.2, 0.25) is 11.8 Å². The fraction of sp³-hybridized carbons (Fsp3) is 0.375. The molecule has 0 saturated carbocycles. The summed E-state index contributed by atoms with van der Waals surface area (Å²) in [6, 6.07) is 12.7. The second-order valence-electron chi connectivity index (χ2n) is 10.6. The van der Waals surface area contributed by atoms with Crippen LogP contribution in [0.5, 0.6) is 5.75 Å². The molecule has 248 valence electrons. The summed E-state index contributed by atoms with van der Waals surface area (Å²) in [5.41, 5.74) is 1.94. The first-order chi connectivity index (χ1) is 22.8. The van der Waals surface area contributed by atoms with Crippen molar-refractivity contribution in [3.63, 3.8) is 0 Å². The molecular weight excluding hydrogens is 614 g/mol. The second-order valence-corrected chi connectivity index (χ2v) is 10.6. The van der Waals surface area contributed by atoms with Gasteiger partial charge >= 0.3 is 0 Å². The van der Waals surface area contributed by atoms with Crippen LogP contribution in [-0.2, 0) is 35.1 Å². The number of aliphatic hydroxyl groups is 1. The molecule has 3 heterocycles. The first-order valence-corrected chi connectivity index (χ1v) is 15.1. The minimum atomic E-state index is -0.740. The zero-order chi connectivity index (χ0) is 33.2. The van der Waals surface area contributed by atoms with Gasteiger partial charge in [0.05, 0.1) is 38.6 Å². The molecule has 2 aliphatic heterocycles. The van der Waals surface area contributed by atoms with Crippen molar-refractivity contribution in [2.24, 2.45) is 0 Å². The Morgan fingerprint density at radius 3 is 2.53 bits per heavy atom. The van der Waals surface area contributed by atoms with Gasteiger partial charge in [-0.05, 0) is 36.2 Å². The highest BCUT2D eigenvalue weighted by Crippen LogP contribution is 2.30. The number of para-hydroxylation sites is 1. The van der Waals surface area contributed by atoms with E-state index in [1.165, 1.54) is 11.0 Å². The SMILES string of the molecule is O=C(COc1cc(C(=O)Nc2ccc3c(c2)C(=O)N(C2CCC(=O)NC2=O)C3)nc2ccccc12)NCCOCCOCCOCO. The van der Waals surface area contributed by atoms with Crippen molar-refractivity contribution in [3.8, 4) is 5.75 Å². The van der Waals surface area contributed by atoms with Crippen LogP contribution in [-0.4, -0.2) is 104 Å². The van der Waals surface area contributed by atoms with Gasteiger partial charge in [-0.15, -0.1) is 0 Å². The fourth-order valence-corrected chi connectivity index (χ4v) is 5.17. The van der Waals surface area contributed by atoms with E-state index >= 15 is 0 Å². The van der Waals surface area contributed by atoms with E-state index in [9.17, 15) is 24.0 Å². The van der Waals surface area contributed by atoms with Crippen molar-refractivity contribution < 1.29 is 48.0 Å². The molecule has 5 rings (SSSR count). The third kappa shape index (κ3) is 8.65. The summed E-state index contributed by atoms with van der Waals surface area (Å²) in [4.78, 5) is 68.7. The molecule has 1 atom stereocenters.